The lowest BCUT2D eigenvalue weighted by molar-refractivity contribution is -0.137. The first-order valence-corrected chi connectivity index (χ1v) is 8.60. The van der Waals surface area contributed by atoms with E-state index >= 15 is 0 Å². The SMILES string of the molecule is Cc1ccc(CC(CC(=O)O)NC(=O)Cc2cccc(Cl)c2Cl)cc1. The maximum absolute atomic E-state index is 12.3. The molecule has 25 heavy (non-hydrogen) atoms. The standard InChI is InChI=1S/C19H19Cl2NO3/c1-12-5-7-13(8-6-12)9-15(11-18(24)25)22-17(23)10-14-3-2-4-16(20)19(14)21/h2-8,15H,9-11H2,1H3,(H,22,23)(H,24,25). The molecule has 0 aliphatic heterocycles. The molecule has 0 aliphatic rings. The summed E-state index contributed by atoms with van der Waals surface area (Å²) < 4.78 is 0. The van der Waals surface area contributed by atoms with Gasteiger partial charge in [0.15, 0.2) is 0 Å². The van der Waals surface area contributed by atoms with Gasteiger partial charge in [-0.15, -0.1) is 0 Å². The molecular formula is C19H19Cl2NO3. The van der Waals surface area contributed by atoms with Crippen molar-refractivity contribution in [2.75, 3.05) is 0 Å². The molecule has 1 unspecified atom stereocenters. The van der Waals surface area contributed by atoms with Crippen LogP contribution in [-0.2, 0) is 22.4 Å². The normalized spacial score (nSPS) is 11.8. The third-order valence-electron chi connectivity index (χ3n) is 3.77. The van der Waals surface area contributed by atoms with Gasteiger partial charge in [0.25, 0.3) is 0 Å². The van der Waals surface area contributed by atoms with E-state index in [4.69, 9.17) is 28.3 Å². The zero-order chi connectivity index (χ0) is 18.4. The molecule has 1 amide bonds. The number of carbonyl (C=O) groups is 2. The van der Waals surface area contributed by atoms with Crippen molar-refractivity contribution >= 4 is 35.1 Å². The molecule has 0 spiro atoms. The van der Waals surface area contributed by atoms with Crippen LogP contribution in [0.25, 0.3) is 0 Å². The molecule has 0 saturated heterocycles. The molecule has 2 N–H and O–H groups in total. The second-order valence-corrected chi connectivity index (χ2v) is 6.73. The average molecular weight is 380 g/mol. The molecule has 4 nitrogen and oxygen atoms in total. The minimum absolute atomic E-state index is 0.0450. The van der Waals surface area contributed by atoms with Crippen LogP contribution in [0.1, 0.15) is 23.1 Å². The smallest absolute Gasteiger partial charge is 0.305 e. The number of benzene rings is 2. The zero-order valence-corrected chi connectivity index (χ0v) is 15.3. The molecule has 0 saturated carbocycles. The number of hydrogen-bond donors (Lipinski definition) is 2. The van der Waals surface area contributed by atoms with Crippen molar-refractivity contribution in [1.82, 2.24) is 5.32 Å². The van der Waals surface area contributed by atoms with Crippen molar-refractivity contribution in [3.8, 4) is 0 Å². The molecule has 6 heteroatoms. The highest BCUT2D eigenvalue weighted by Gasteiger charge is 2.18. The average Bonchev–Trinajstić information content (AvgIpc) is 2.53. The summed E-state index contributed by atoms with van der Waals surface area (Å²) in [6.45, 7) is 1.98. The second-order valence-electron chi connectivity index (χ2n) is 5.94. The molecule has 0 aliphatic carbocycles. The van der Waals surface area contributed by atoms with Crippen LogP contribution in [0, 0.1) is 6.92 Å². The summed E-state index contributed by atoms with van der Waals surface area (Å²) in [5.41, 5.74) is 2.70. The molecule has 132 valence electrons. The quantitative estimate of drug-likeness (QED) is 0.762. The Bertz CT molecular complexity index is 760. The maximum Gasteiger partial charge on any atom is 0.305 e. The zero-order valence-electron chi connectivity index (χ0n) is 13.8. The van der Waals surface area contributed by atoms with Crippen LogP contribution < -0.4 is 5.32 Å². The van der Waals surface area contributed by atoms with E-state index in [1.165, 1.54) is 0 Å². The first-order chi connectivity index (χ1) is 11.8. The van der Waals surface area contributed by atoms with Gasteiger partial charge < -0.3 is 10.4 Å². The van der Waals surface area contributed by atoms with Crippen LogP contribution in [0.5, 0.6) is 0 Å². The first-order valence-electron chi connectivity index (χ1n) is 7.84. The fourth-order valence-electron chi connectivity index (χ4n) is 2.53. The van der Waals surface area contributed by atoms with Gasteiger partial charge in [0.1, 0.15) is 0 Å². The van der Waals surface area contributed by atoms with Crippen molar-refractivity contribution in [2.45, 2.75) is 32.2 Å². The van der Waals surface area contributed by atoms with Crippen LogP contribution in [0.2, 0.25) is 10.0 Å². The molecule has 0 fully saturated rings. The molecule has 2 rings (SSSR count). The van der Waals surface area contributed by atoms with E-state index < -0.39 is 12.0 Å². The van der Waals surface area contributed by atoms with E-state index in [9.17, 15) is 9.59 Å². The van der Waals surface area contributed by atoms with Gasteiger partial charge >= 0.3 is 5.97 Å². The Kier molecular flexibility index (Phi) is 6.85. The fourth-order valence-corrected chi connectivity index (χ4v) is 2.92. The van der Waals surface area contributed by atoms with E-state index in [0.717, 1.165) is 11.1 Å². The molecule has 2 aromatic rings. The number of carboxylic acids is 1. The summed E-state index contributed by atoms with van der Waals surface area (Å²) in [6.07, 6.45) is 0.341. The predicted molar refractivity (Wildman–Crippen MR) is 99.2 cm³/mol. The van der Waals surface area contributed by atoms with Crippen LogP contribution in [-0.4, -0.2) is 23.0 Å². The predicted octanol–water partition coefficient (Wildman–Crippen LogP) is 4.05. The highest BCUT2D eigenvalue weighted by molar-refractivity contribution is 6.42. The van der Waals surface area contributed by atoms with Crippen molar-refractivity contribution < 1.29 is 14.7 Å². The summed E-state index contributed by atoms with van der Waals surface area (Å²) in [6, 6.07) is 12.4. The highest BCUT2D eigenvalue weighted by Crippen LogP contribution is 2.25. The van der Waals surface area contributed by atoms with E-state index in [0.29, 0.717) is 22.0 Å². The van der Waals surface area contributed by atoms with E-state index in [-0.39, 0.29) is 18.7 Å². The van der Waals surface area contributed by atoms with Crippen LogP contribution >= 0.6 is 23.2 Å². The Balaban J connectivity index is 2.05. The molecule has 0 radical (unpaired) electrons. The van der Waals surface area contributed by atoms with Gasteiger partial charge in [-0.1, -0.05) is 65.2 Å². The van der Waals surface area contributed by atoms with Crippen molar-refractivity contribution in [1.29, 1.82) is 0 Å². The third-order valence-corrected chi connectivity index (χ3v) is 4.63. The molecule has 2 aromatic carbocycles. The number of aliphatic carboxylic acids is 1. The number of hydrogen-bond acceptors (Lipinski definition) is 2. The summed E-state index contributed by atoms with van der Waals surface area (Å²) in [7, 11) is 0. The Morgan fingerprint density at radius 1 is 1.12 bits per heavy atom. The number of halogens is 2. The third kappa shape index (κ3) is 6.07. The summed E-state index contributed by atoms with van der Waals surface area (Å²) in [4.78, 5) is 23.4. The van der Waals surface area contributed by atoms with Crippen LogP contribution in [0.15, 0.2) is 42.5 Å². The number of amides is 1. The fraction of sp³-hybridized carbons (Fsp3) is 0.263. The Hall–Kier alpha value is -2.04. The van der Waals surface area contributed by atoms with Gasteiger partial charge in [-0.25, -0.2) is 0 Å². The van der Waals surface area contributed by atoms with Crippen molar-refractivity contribution in [2.24, 2.45) is 0 Å². The molecule has 0 bridgehead atoms. The largest absolute Gasteiger partial charge is 0.481 e. The van der Waals surface area contributed by atoms with E-state index in [2.05, 4.69) is 5.32 Å². The summed E-state index contributed by atoms with van der Waals surface area (Å²) in [5.74, 6) is -1.25. The molecular weight excluding hydrogens is 361 g/mol. The van der Waals surface area contributed by atoms with Gasteiger partial charge in [-0.2, -0.15) is 0 Å². The molecule has 0 heterocycles. The number of rotatable bonds is 7. The van der Waals surface area contributed by atoms with Crippen LogP contribution in [0.4, 0.5) is 0 Å². The van der Waals surface area contributed by atoms with Gasteiger partial charge in [0.05, 0.1) is 22.9 Å². The monoisotopic (exact) mass is 379 g/mol. The van der Waals surface area contributed by atoms with Crippen molar-refractivity contribution in [3.63, 3.8) is 0 Å². The molecule has 1 atom stereocenters. The topological polar surface area (TPSA) is 66.4 Å². The minimum atomic E-state index is -0.960. The van der Waals surface area contributed by atoms with E-state index in [1.807, 2.05) is 31.2 Å². The number of carbonyl (C=O) groups excluding carboxylic acids is 1. The van der Waals surface area contributed by atoms with E-state index in [1.54, 1.807) is 18.2 Å². The van der Waals surface area contributed by atoms with Gasteiger partial charge in [-0.3, -0.25) is 9.59 Å². The van der Waals surface area contributed by atoms with Gasteiger partial charge in [-0.05, 0) is 30.5 Å². The highest BCUT2D eigenvalue weighted by atomic mass is 35.5. The lowest BCUT2D eigenvalue weighted by Gasteiger charge is -2.17. The maximum atomic E-state index is 12.3. The summed E-state index contributed by atoms with van der Waals surface area (Å²) in [5, 5.41) is 12.6. The van der Waals surface area contributed by atoms with Crippen molar-refractivity contribution in [3.05, 3.63) is 69.2 Å². The lowest BCUT2D eigenvalue weighted by atomic mass is 10.0. The summed E-state index contributed by atoms with van der Waals surface area (Å²) >= 11 is 12.0. The minimum Gasteiger partial charge on any atom is -0.481 e. The Morgan fingerprint density at radius 3 is 2.44 bits per heavy atom. The Labute approximate surface area is 156 Å². The second kappa shape index (κ2) is 8.88. The molecule has 0 aromatic heterocycles. The first kappa shape index (κ1) is 19.3. The van der Waals surface area contributed by atoms with Crippen LogP contribution in [0.3, 0.4) is 0 Å². The Morgan fingerprint density at radius 2 is 1.80 bits per heavy atom. The number of aryl methyl sites for hydroxylation is 1. The van der Waals surface area contributed by atoms with Gasteiger partial charge in [0.2, 0.25) is 5.91 Å². The number of carboxylic acid groups (broad SMARTS) is 1. The lowest BCUT2D eigenvalue weighted by Crippen LogP contribution is -2.39. The van der Waals surface area contributed by atoms with Gasteiger partial charge in [0, 0.05) is 6.04 Å². The number of nitrogens with one attached hydrogen (secondary N) is 1.